The molecule has 3 aromatic rings. The van der Waals surface area contributed by atoms with Crippen LogP contribution in [0, 0.1) is 0 Å². The molecule has 0 unspecified atom stereocenters. The van der Waals surface area contributed by atoms with Crippen LogP contribution in [0.5, 0.6) is 11.5 Å². The Kier molecular flexibility index (Phi) is 4.56. The molecular formula is C22H20N2O2. The summed E-state index contributed by atoms with van der Waals surface area (Å²) < 4.78 is 5.93. The molecule has 0 saturated carbocycles. The fourth-order valence-electron chi connectivity index (χ4n) is 3.20. The van der Waals surface area contributed by atoms with Gasteiger partial charge in [-0.15, -0.1) is 0 Å². The number of hydrogen-bond acceptors (Lipinski definition) is 2. The van der Waals surface area contributed by atoms with E-state index >= 15 is 0 Å². The van der Waals surface area contributed by atoms with Gasteiger partial charge in [0.05, 0.1) is 5.69 Å². The van der Waals surface area contributed by atoms with Crippen LogP contribution in [0.4, 0.5) is 16.2 Å². The highest BCUT2D eigenvalue weighted by Gasteiger charge is 2.22. The van der Waals surface area contributed by atoms with E-state index in [1.54, 1.807) is 4.90 Å². The number of nitrogens with zero attached hydrogens (tertiary/aromatic N) is 1. The van der Waals surface area contributed by atoms with Crippen molar-refractivity contribution in [3.63, 3.8) is 0 Å². The maximum absolute atomic E-state index is 12.9. The van der Waals surface area contributed by atoms with Gasteiger partial charge in [0.15, 0.2) is 5.75 Å². The Morgan fingerprint density at radius 3 is 2.50 bits per heavy atom. The molecule has 26 heavy (non-hydrogen) atoms. The van der Waals surface area contributed by atoms with Crippen molar-refractivity contribution in [2.75, 3.05) is 16.8 Å². The van der Waals surface area contributed by atoms with E-state index in [1.807, 2.05) is 72.8 Å². The molecule has 1 aliphatic heterocycles. The number of ether oxygens (including phenoxy) is 1. The Morgan fingerprint density at radius 1 is 0.885 bits per heavy atom. The second kappa shape index (κ2) is 7.31. The van der Waals surface area contributed by atoms with E-state index in [9.17, 15) is 4.79 Å². The fourth-order valence-corrected chi connectivity index (χ4v) is 3.20. The van der Waals surface area contributed by atoms with Gasteiger partial charge in [-0.1, -0.05) is 48.5 Å². The average Bonchev–Trinajstić information content (AvgIpc) is 2.70. The van der Waals surface area contributed by atoms with E-state index in [1.165, 1.54) is 5.56 Å². The maximum Gasteiger partial charge on any atom is 0.326 e. The van der Waals surface area contributed by atoms with Crippen LogP contribution < -0.4 is 15.0 Å². The summed E-state index contributed by atoms with van der Waals surface area (Å²) in [5.74, 6) is 1.36. The third-order valence-electron chi connectivity index (χ3n) is 4.46. The van der Waals surface area contributed by atoms with E-state index < -0.39 is 0 Å². The van der Waals surface area contributed by atoms with Gasteiger partial charge in [0.2, 0.25) is 0 Å². The minimum absolute atomic E-state index is 0.138. The highest BCUT2D eigenvalue weighted by molar-refractivity contribution is 6.03. The van der Waals surface area contributed by atoms with E-state index in [4.69, 9.17) is 4.74 Å². The molecular weight excluding hydrogens is 324 g/mol. The maximum atomic E-state index is 12.9. The zero-order valence-corrected chi connectivity index (χ0v) is 14.4. The number of para-hydroxylation sites is 4. The van der Waals surface area contributed by atoms with E-state index in [0.717, 1.165) is 24.3 Å². The van der Waals surface area contributed by atoms with Crippen LogP contribution in [0.2, 0.25) is 0 Å². The van der Waals surface area contributed by atoms with Gasteiger partial charge in [0.25, 0.3) is 0 Å². The predicted molar refractivity (Wildman–Crippen MR) is 104 cm³/mol. The molecule has 0 spiro atoms. The first-order valence-corrected chi connectivity index (χ1v) is 8.79. The van der Waals surface area contributed by atoms with Crippen molar-refractivity contribution in [3.05, 3.63) is 84.4 Å². The van der Waals surface area contributed by atoms with Crippen LogP contribution in [0.3, 0.4) is 0 Å². The van der Waals surface area contributed by atoms with Crippen molar-refractivity contribution in [1.82, 2.24) is 0 Å². The number of amides is 2. The third kappa shape index (κ3) is 3.40. The van der Waals surface area contributed by atoms with Gasteiger partial charge in [0.1, 0.15) is 5.75 Å². The number of fused-ring (bicyclic) bond motifs is 1. The number of benzene rings is 3. The van der Waals surface area contributed by atoms with Crippen LogP contribution in [0.1, 0.15) is 12.0 Å². The molecule has 4 nitrogen and oxygen atoms in total. The standard InChI is InChI=1S/C22H20N2O2/c25-22(24-16-8-10-17-9-4-6-14-20(17)24)23-19-13-5-7-15-21(19)26-18-11-2-1-3-12-18/h1-7,9,11-15H,8,10,16H2,(H,23,25). The quantitative estimate of drug-likeness (QED) is 0.685. The lowest BCUT2D eigenvalue weighted by Gasteiger charge is -2.29. The van der Waals surface area contributed by atoms with E-state index in [0.29, 0.717) is 18.0 Å². The molecule has 1 N–H and O–H groups in total. The van der Waals surface area contributed by atoms with Gasteiger partial charge in [0, 0.05) is 12.2 Å². The van der Waals surface area contributed by atoms with Crippen molar-refractivity contribution < 1.29 is 9.53 Å². The Labute approximate surface area is 153 Å². The first-order valence-electron chi connectivity index (χ1n) is 8.79. The summed E-state index contributed by atoms with van der Waals surface area (Å²) in [4.78, 5) is 14.7. The van der Waals surface area contributed by atoms with Gasteiger partial charge in [-0.3, -0.25) is 4.90 Å². The molecule has 0 aromatic heterocycles. The molecule has 0 atom stereocenters. The molecule has 4 rings (SSSR count). The molecule has 0 radical (unpaired) electrons. The number of hydrogen-bond donors (Lipinski definition) is 1. The van der Waals surface area contributed by atoms with Gasteiger partial charge in [-0.2, -0.15) is 0 Å². The van der Waals surface area contributed by atoms with Crippen molar-refractivity contribution >= 4 is 17.4 Å². The number of aryl methyl sites for hydroxylation is 1. The highest BCUT2D eigenvalue weighted by Crippen LogP contribution is 2.31. The lowest BCUT2D eigenvalue weighted by molar-refractivity contribution is 0.256. The predicted octanol–water partition coefficient (Wildman–Crippen LogP) is 5.46. The zero-order chi connectivity index (χ0) is 17.8. The SMILES string of the molecule is O=C(Nc1ccccc1Oc1ccccc1)N1CCCc2ccccc21. The minimum Gasteiger partial charge on any atom is -0.455 e. The normalized spacial score (nSPS) is 13.0. The molecule has 0 saturated heterocycles. The Morgan fingerprint density at radius 2 is 1.62 bits per heavy atom. The van der Waals surface area contributed by atoms with E-state index in [2.05, 4.69) is 11.4 Å². The van der Waals surface area contributed by atoms with Gasteiger partial charge >= 0.3 is 6.03 Å². The lowest BCUT2D eigenvalue weighted by Crippen LogP contribution is -2.38. The molecule has 1 heterocycles. The van der Waals surface area contributed by atoms with Crippen LogP contribution >= 0.6 is 0 Å². The Balaban J connectivity index is 1.56. The second-order valence-corrected chi connectivity index (χ2v) is 6.23. The summed E-state index contributed by atoms with van der Waals surface area (Å²) in [7, 11) is 0. The summed E-state index contributed by atoms with van der Waals surface area (Å²) in [6.07, 6.45) is 1.97. The number of rotatable bonds is 3. The van der Waals surface area contributed by atoms with Crippen LogP contribution in [0.25, 0.3) is 0 Å². The minimum atomic E-state index is -0.138. The van der Waals surface area contributed by atoms with E-state index in [-0.39, 0.29) is 6.03 Å². The number of carbonyl (C=O) groups excluding carboxylic acids is 1. The van der Waals surface area contributed by atoms with Gasteiger partial charge < -0.3 is 10.1 Å². The lowest BCUT2D eigenvalue weighted by atomic mass is 10.0. The molecule has 0 aliphatic carbocycles. The molecule has 130 valence electrons. The summed E-state index contributed by atoms with van der Waals surface area (Å²) in [5.41, 5.74) is 2.85. The Bertz CT molecular complexity index is 909. The monoisotopic (exact) mass is 344 g/mol. The first kappa shape index (κ1) is 16.2. The first-order chi connectivity index (χ1) is 12.8. The summed E-state index contributed by atoms with van der Waals surface area (Å²) in [5, 5.41) is 3.00. The van der Waals surface area contributed by atoms with Crippen molar-refractivity contribution in [3.8, 4) is 11.5 Å². The smallest absolute Gasteiger partial charge is 0.326 e. The largest absolute Gasteiger partial charge is 0.455 e. The van der Waals surface area contributed by atoms with Gasteiger partial charge in [-0.25, -0.2) is 4.79 Å². The fraction of sp³-hybridized carbons (Fsp3) is 0.136. The summed E-state index contributed by atoms with van der Waals surface area (Å²) >= 11 is 0. The third-order valence-corrected chi connectivity index (χ3v) is 4.46. The number of anilines is 2. The van der Waals surface area contributed by atoms with Crippen LogP contribution in [-0.4, -0.2) is 12.6 Å². The Hall–Kier alpha value is -3.27. The number of nitrogens with one attached hydrogen (secondary N) is 1. The highest BCUT2D eigenvalue weighted by atomic mass is 16.5. The molecule has 3 aromatic carbocycles. The number of urea groups is 1. The molecule has 2 amide bonds. The van der Waals surface area contributed by atoms with Crippen LogP contribution in [-0.2, 0) is 6.42 Å². The number of carbonyl (C=O) groups is 1. The zero-order valence-electron chi connectivity index (χ0n) is 14.4. The van der Waals surface area contributed by atoms with Gasteiger partial charge in [-0.05, 0) is 48.7 Å². The van der Waals surface area contributed by atoms with Crippen molar-refractivity contribution in [1.29, 1.82) is 0 Å². The summed E-state index contributed by atoms with van der Waals surface area (Å²) in [6, 6.07) is 25.0. The van der Waals surface area contributed by atoms with Crippen LogP contribution in [0.15, 0.2) is 78.9 Å². The molecule has 0 fully saturated rings. The van der Waals surface area contributed by atoms with Crippen molar-refractivity contribution in [2.24, 2.45) is 0 Å². The van der Waals surface area contributed by atoms with Crippen molar-refractivity contribution in [2.45, 2.75) is 12.8 Å². The topological polar surface area (TPSA) is 41.6 Å². The average molecular weight is 344 g/mol. The molecule has 0 bridgehead atoms. The summed E-state index contributed by atoms with van der Waals surface area (Å²) in [6.45, 7) is 0.713. The second-order valence-electron chi connectivity index (χ2n) is 6.23. The molecule has 1 aliphatic rings. The molecule has 4 heteroatoms.